The number of amides is 1. The van der Waals surface area contributed by atoms with Gasteiger partial charge in [-0.15, -0.1) is 0 Å². The molecule has 0 aliphatic carbocycles. The van der Waals surface area contributed by atoms with Gasteiger partial charge in [0.2, 0.25) is 0 Å². The molecule has 5 nitrogen and oxygen atoms in total. The molecule has 0 atom stereocenters. The first-order valence-electron chi connectivity index (χ1n) is 7.29. The first-order valence-corrected chi connectivity index (χ1v) is 7.29. The molecule has 3 rings (SSSR count). The summed E-state index contributed by atoms with van der Waals surface area (Å²) in [5.74, 6) is -1.29. The van der Waals surface area contributed by atoms with Crippen LogP contribution in [0.5, 0.6) is 0 Å². The lowest BCUT2D eigenvalue weighted by Gasteiger charge is -2.02. The summed E-state index contributed by atoms with van der Waals surface area (Å²) < 4.78 is 0. The van der Waals surface area contributed by atoms with E-state index >= 15 is 0 Å². The number of rotatable bonds is 4. The number of carboxylic acid groups (broad SMARTS) is 1. The summed E-state index contributed by atoms with van der Waals surface area (Å²) in [6, 6.07) is 19.4. The van der Waals surface area contributed by atoms with Crippen molar-refractivity contribution in [3.05, 3.63) is 83.4 Å². The van der Waals surface area contributed by atoms with Crippen molar-refractivity contribution in [2.45, 2.75) is 0 Å². The maximum atomic E-state index is 12.1. The molecule has 0 unspecified atom stereocenters. The zero-order chi connectivity index (χ0) is 16.9. The van der Waals surface area contributed by atoms with Crippen molar-refractivity contribution in [1.29, 1.82) is 0 Å². The van der Waals surface area contributed by atoms with Gasteiger partial charge < -0.3 is 5.11 Å². The van der Waals surface area contributed by atoms with Gasteiger partial charge in [-0.25, -0.2) is 10.2 Å². The van der Waals surface area contributed by atoms with Crippen LogP contribution in [0.2, 0.25) is 0 Å². The Hall–Kier alpha value is -3.47. The lowest BCUT2D eigenvalue weighted by molar-refractivity contribution is 0.0696. The molecule has 3 aromatic rings. The van der Waals surface area contributed by atoms with Crippen molar-refractivity contribution in [2.75, 3.05) is 0 Å². The summed E-state index contributed by atoms with van der Waals surface area (Å²) in [5.41, 5.74) is 3.88. The molecule has 0 aliphatic heterocycles. The number of carboxylic acids is 1. The van der Waals surface area contributed by atoms with Gasteiger partial charge in [-0.1, -0.05) is 42.5 Å². The summed E-state index contributed by atoms with van der Waals surface area (Å²) in [6.45, 7) is 0. The first-order chi connectivity index (χ1) is 11.6. The predicted octanol–water partition coefficient (Wildman–Crippen LogP) is 3.30. The van der Waals surface area contributed by atoms with Crippen molar-refractivity contribution >= 4 is 28.9 Å². The van der Waals surface area contributed by atoms with Crippen LogP contribution in [0.25, 0.3) is 10.8 Å². The van der Waals surface area contributed by atoms with E-state index in [1.807, 2.05) is 36.4 Å². The fourth-order valence-corrected chi connectivity index (χ4v) is 2.27. The highest BCUT2D eigenvalue weighted by Gasteiger charge is 2.05. The number of carbonyl (C=O) groups excluding carboxylic acids is 1. The van der Waals surface area contributed by atoms with Crippen LogP contribution in [-0.4, -0.2) is 23.2 Å². The van der Waals surface area contributed by atoms with E-state index in [4.69, 9.17) is 5.11 Å². The molecular weight excluding hydrogens is 304 g/mol. The van der Waals surface area contributed by atoms with Crippen molar-refractivity contribution in [3.8, 4) is 0 Å². The normalized spacial score (nSPS) is 10.8. The summed E-state index contributed by atoms with van der Waals surface area (Å²) in [7, 11) is 0. The molecule has 1 amide bonds. The fourth-order valence-electron chi connectivity index (χ4n) is 2.27. The van der Waals surface area contributed by atoms with Gasteiger partial charge in [-0.2, -0.15) is 5.10 Å². The third kappa shape index (κ3) is 3.47. The monoisotopic (exact) mass is 318 g/mol. The van der Waals surface area contributed by atoms with Gasteiger partial charge in [0.25, 0.3) is 5.91 Å². The standard InChI is InChI=1S/C19H14N2O3/c22-18(17-10-9-14-3-1-2-4-16(14)11-17)21-20-12-13-5-7-15(8-6-13)19(23)24/h1-12H,(H,21,22)(H,23,24)/b20-12+. The third-order valence-electron chi connectivity index (χ3n) is 3.55. The Bertz CT molecular complexity index is 931. The molecule has 0 spiro atoms. The SMILES string of the molecule is O=C(O)c1ccc(/C=N/NC(=O)c2ccc3ccccc3c2)cc1. The molecular formula is C19H14N2O3. The molecule has 118 valence electrons. The molecule has 0 saturated heterocycles. The minimum absolute atomic E-state index is 0.201. The molecule has 24 heavy (non-hydrogen) atoms. The number of carbonyl (C=O) groups is 2. The Balaban J connectivity index is 1.68. The second-order valence-corrected chi connectivity index (χ2v) is 5.19. The second kappa shape index (κ2) is 6.75. The Morgan fingerprint density at radius 1 is 0.875 bits per heavy atom. The number of benzene rings is 3. The summed E-state index contributed by atoms with van der Waals surface area (Å²) in [4.78, 5) is 22.9. The van der Waals surface area contributed by atoms with Crippen LogP contribution in [0, 0.1) is 0 Å². The molecule has 2 N–H and O–H groups in total. The van der Waals surface area contributed by atoms with E-state index in [9.17, 15) is 9.59 Å². The van der Waals surface area contributed by atoms with E-state index in [0.717, 1.165) is 10.8 Å². The van der Waals surface area contributed by atoms with Gasteiger partial charge in [0.05, 0.1) is 11.8 Å². The number of nitrogens with zero attached hydrogens (tertiary/aromatic N) is 1. The molecule has 0 saturated carbocycles. The minimum atomic E-state index is -0.983. The zero-order valence-electron chi connectivity index (χ0n) is 12.6. The molecule has 0 fully saturated rings. The van der Waals surface area contributed by atoms with Gasteiger partial charge in [0.15, 0.2) is 0 Å². The minimum Gasteiger partial charge on any atom is -0.478 e. The van der Waals surface area contributed by atoms with Crippen molar-refractivity contribution in [3.63, 3.8) is 0 Å². The van der Waals surface area contributed by atoms with Gasteiger partial charge >= 0.3 is 5.97 Å². The Labute approximate surface area is 138 Å². The molecule has 0 aromatic heterocycles. The Morgan fingerprint density at radius 3 is 2.25 bits per heavy atom. The first kappa shape index (κ1) is 15.4. The van der Waals surface area contributed by atoms with Crippen LogP contribution in [0.3, 0.4) is 0 Å². The summed E-state index contributed by atoms with van der Waals surface area (Å²) in [6.07, 6.45) is 1.46. The van der Waals surface area contributed by atoms with Gasteiger partial charge in [-0.3, -0.25) is 4.79 Å². The van der Waals surface area contributed by atoms with E-state index in [1.165, 1.54) is 18.3 Å². The van der Waals surface area contributed by atoms with E-state index < -0.39 is 5.97 Å². The Morgan fingerprint density at radius 2 is 1.54 bits per heavy atom. The lowest BCUT2D eigenvalue weighted by atomic mass is 10.1. The van der Waals surface area contributed by atoms with Crippen molar-refractivity contribution in [1.82, 2.24) is 5.43 Å². The molecule has 0 radical (unpaired) electrons. The highest BCUT2D eigenvalue weighted by Crippen LogP contribution is 2.15. The molecule has 0 bridgehead atoms. The largest absolute Gasteiger partial charge is 0.478 e. The van der Waals surface area contributed by atoms with Crippen LogP contribution >= 0.6 is 0 Å². The maximum Gasteiger partial charge on any atom is 0.335 e. The van der Waals surface area contributed by atoms with E-state index in [1.54, 1.807) is 18.2 Å². The van der Waals surface area contributed by atoms with Gasteiger partial charge in [0.1, 0.15) is 0 Å². The summed E-state index contributed by atoms with van der Waals surface area (Å²) >= 11 is 0. The quantitative estimate of drug-likeness (QED) is 0.572. The van der Waals surface area contributed by atoms with Gasteiger partial charge in [-0.05, 0) is 40.6 Å². The highest BCUT2D eigenvalue weighted by atomic mass is 16.4. The van der Waals surface area contributed by atoms with Crippen molar-refractivity contribution < 1.29 is 14.7 Å². The van der Waals surface area contributed by atoms with Crippen LogP contribution in [-0.2, 0) is 0 Å². The predicted molar refractivity (Wildman–Crippen MR) is 92.4 cm³/mol. The molecule has 5 heteroatoms. The third-order valence-corrected chi connectivity index (χ3v) is 3.55. The fraction of sp³-hybridized carbons (Fsp3) is 0. The molecule has 0 heterocycles. The van der Waals surface area contributed by atoms with E-state index in [2.05, 4.69) is 10.5 Å². The molecule has 0 aliphatic rings. The number of fused-ring (bicyclic) bond motifs is 1. The average Bonchev–Trinajstić information content (AvgIpc) is 2.61. The van der Waals surface area contributed by atoms with E-state index in [-0.39, 0.29) is 11.5 Å². The Kier molecular flexibility index (Phi) is 4.34. The topological polar surface area (TPSA) is 78.8 Å². The maximum absolute atomic E-state index is 12.1. The van der Waals surface area contributed by atoms with Gasteiger partial charge in [0, 0.05) is 5.56 Å². The number of hydrogen-bond acceptors (Lipinski definition) is 3. The average molecular weight is 318 g/mol. The number of aromatic carboxylic acids is 1. The molecule has 3 aromatic carbocycles. The van der Waals surface area contributed by atoms with Crippen LogP contribution in [0.15, 0.2) is 71.8 Å². The smallest absolute Gasteiger partial charge is 0.335 e. The zero-order valence-corrected chi connectivity index (χ0v) is 12.6. The van der Waals surface area contributed by atoms with Crippen LogP contribution in [0.1, 0.15) is 26.3 Å². The summed E-state index contributed by atoms with van der Waals surface area (Å²) in [5, 5.41) is 14.8. The number of hydrogen-bond donors (Lipinski definition) is 2. The van der Waals surface area contributed by atoms with E-state index in [0.29, 0.717) is 11.1 Å². The van der Waals surface area contributed by atoms with Crippen LogP contribution < -0.4 is 5.43 Å². The number of hydrazone groups is 1. The van der Waals surface area contributed by atoms with Crippen LogP contribution in [0.4, 0.5) is 0 Å². The second-order valence-electron chi connectivity index (χ2n) is 5.19. The number of nitrogens with one attached hydrogen (secondary N) is 1. The highest BCUT2D eigenvalue weighted by molar-refractivity contribution is 5.99. The van der Waals surface area contributed by atoms with Crippen molar-refractivity contribution in [2.24, 2.45) is 5.10 Å². The lowest BCUT2D eigenvalue weighted by Crippen LogP contribution is -2.17.